The van der Waals surface area contributed by atoms with E-state index in [1.807, 2.05) is 25.1 Å². The molecule has 2 saturated heterocycles. The SMILES string of the molecule is [C-]#[N+]c1ccc(-c2nnc(N[C@@H]3CCCN(C4CCOCC4)C3)c3ccccc23)c(OCOCC)c1. The Labute approximate surface area is 212 Å². The number of nitrogens with zero attached hydrogens (tertiary/aromatic N) is 4. The van der Waals surface area contributed by atoms with Gasteiger partial charge >= 0.3 is 0 Å². The Morgan fingerprint density at radius 3 is 2.75 bits per heavy atom. The average Bonchev–Trinajstić information content (AvgIpc) is 2.94. The molecule has 188 valence electrons. The molecular weight excluding hydrogens is 454 g/mol. The first-order chi connectivity index (χ1) is 17.8. The number of fused-ring (bicyclic) bond motifs is 1. The Kier molecular flexibility index (Phi) is 7.91. The summed E-state index contributed by atoms with van der Waals surface area (Å²) in [7, 11) is 0. The molecule has 0 saturated carbocycles. The van der Waals surface area contributed by atoms with Crippen LogP contribution in [0.2, 0.25) is 0 Å². The quantitative estimate of drug-likeness (QED) is 0.263. The van der Waals surface area contributed by atoms with E-state index in [1.54, 1.807) is 12.1 Å². The van der Waals surface area contributed by atoms with Crippen LogP contribution in [0.4, 0.5) is 11.5 Å². The van der Waals surface area contributed by atoms with Crippen molar-refractivity contribution in [1.29, 1.82) is 0 Å². The first-order valence-electron chi connectivity index (χ1n) is 12.8. The maximum Gasteiger partial charge on any atom is 0.190 e. The molecule has 0 bridgehead atoms. The van der Waals surface area contributed by atoms with E-state index in [4.69, 9.17) is 20.8 Å². The Hall–Kier alpha value is -3.25. The molecule has 0 radical (unpaired) electrons. The largest absolute Gasteiger partial charge is 0.468 e. The molecule has 1 atom stereocenters. The minimum absolute atomic E-state index is 0.112. The number of aromatic nitrogens is 2. The zero-order valence-corrected chi connectivity index (χ0v) is 20.8. The number of hydrogen-bond donors (Lipinski definition) is 1. The fraction of sp³-hybridized carbons (Fsp3) is 0.464. The summed E-state index contributed by atoms with van der Waals surface area (Å²) in [5, 5.41) is 15.0. The molecule has 8 heteroatoms. The number of ether oxygens (including phenoxy) is 3. The highest BCUT2D eigenvalue weighted by Gasteiger charge is 2.28. The number of benzene rings is 2. The minimum Gasteiger partial charge on any atom is -0.468 e. The van der Waals surface area contributed by atoms with Gasteiger partial charge in [-0.05, 0) is 45.2 Å². The lowest BCUT2D eigenvalue weighted by molar-refractivity contribution is 0.0228. The van der Waals surface area contributed by atoms with E-state index in [1.165, 1.54) is 6.42 Å². The monoisotopic (exact) mass is 487 g/mol. The van der Waals surface area contributed by atoms with Gasteiger partial charge in [0.15, 0.2) is 18.3 Å². The van der Waals surface area contributed by atoms with Crippen molar-refractivity contribution >= 4 is 22.3 Å². The zero-order chi connectivity index (χ0) is 24.7. The number of rotatable bonds is 8. The van der Waals surface area contributed by atoms with Gasteiger partial charge in [-0.2, -0.15) is 0 Å². The molecule has 3 aromatic rings. The third-order valence-electron chi connectivity index (χ3n) is 7.04. The lowest BCUT2D eigenvalue weighted by atomic mass is 9.99. The number of likely N-dealkylation sites (tertiary alicyclic amines) is 1. The van der Waals surface area contributed by atoms with E-state index in [0.717, 1.165) is 73.4 Å². The van der Waals surface area contributed by atoms with Gasteiger partial charge in [-0.1, -0.05) is 36.4 Å². The van der Waals surface area contributed by atoms with E-state index < -0.39 is 0 Å². The Morgan fingerprint density at radius 2 is 1.94 bits per heavy atom. The van der Waals surface area contributed by atoms with Gasteiger partial charge in [0.2, 0.25) is 0 Å². The molecule has 2 aliphatic rings. The van der Waals surface area contributed by atoms with Crippen molar-refractivity contribution in [2.75, 3.05) is 45.0 Å². The summed E-state index contributed by atoms with van der Waals surface area (Å²) in [5.41, 5.74) is 2.03. The summed E-state index contributed by atoms with van der Waals surface area (Å²) in [4.78, 5) is 6.17. The predicted molar refractivity (Wildman–Crippen MR) is 140 cm³/mol. The maximum atomic E-state index is 7.38. The standard InChI is InChI=1S/C28H33N5O3/c1-3-34-19-36-26-17-20(29-2)10-11-25(26)27-23-8-4-5-9-24(23)28(32-31-27)30-21-7-6-14-33(18-21)22-12-15-35-16-13-22/h4-5,8-11,17,21-22H,3,6-7,12-16,18-19H2,1H3,(H,30,32)/t21-/m1/s1. The Bertz CT molecular complexity index is 1220. The summed E-state index contributed by atoms with van der Waals surface area (Å²) in [5.74, 6) is 1.37. The van der Waals surface area contributed by atoms with Gasteiger partial charge in [0.05, 0.1) is 6.57 Å². The third-order valence-corrected chi connectivity index (χ3v) is 7.04. The Morgan fingerprint density at radius 1 is 1.11 bits per heavy atom. The van der Waals surface area contributed by atoms with Crippen LogP contribution in [-0.2, 0) is 9.47 Å². The van der Waals surface area contributed by atoms with Crippen molar-refractivity contribution in [3.8, 4) is 17.0 Å². The van der Waals surface area contributed by atoms with Crippen molar-refractivity contribution in [3.05, 3.63) is 53.9 Å². The molecule has 1 N–H and O–H groups in total. The van der Waals surface area contributed by atoms with Crippen molar-refractivity contribution < 1.29 is 14.2 Å². The fourth-order valence-electron chi connectivity index (χ4n) is 5.19. The van der Waals surface area contributed by atoms with Gasteiger partial charge in [-0.25, -0.2) is 4.85 Å². The van der Waals surface area contributed by atoms with Crippen LogP contribution in [-0.4, -0.2) is 66.9 Å². The molecule has 2 aromatic carbocycles. The molecular formula is C28H33N5O3. The highest BCUT2D eigenvalue weighted by Crippen LogP contribution is 2.37. The average molecular weight is 488 g/mol. The van der Waals surface area contributed by atoms with Crippen molar-refractivity contribution in [2.24, 2.45) is 0 Å². The van der Waals surface area contributed by atoms with Gasteiger partial charge in [-0.3, -0.25) is 4.90 Å². The molecule has 0 aliphatic carbocycles. The maximum absolute atomic E-state index is 7.38. The highest BCUT2D eigenvalue weighted by molar-refractivity contribution is 6.01. The van der Waals surface area contributed by atoms with Crippen LogP contribution in [0.25, 0.3) is 26.9 Å². The first kappa shape index (κ1) is 24.4. The number of nitrogens with one attached hydrogen (secondary N) is 1. The number of hydrogen-bond acceptors (Lipinski definition) is 7. The molecule has 2 fully saturated rings. The van der Waals surface area contributed by atoms with E-state index >= 15 is 0 Å². The van der Waals surface area contributed by atoms with Crippen LogP contribution in [0.1, 0.15) is 32.6 Å². The van der Waals surface area contributed by atoms with E-state index in [2.05, 4.69) is 37.4 Å². The van der Waals surface area contributed by atoms with Gasteiger partial charge in [0.25, 0.3) is 0 Å². The van der Waals surface area contributed by atoms with E-state index in [9.17, 15) is 0 Å². The lowest BCUT2D eigenvalue weighted by Gasteiger charge is -2.40. The summed E-state index contributed by atoms with van der Waals surface area (Å²) in [6, 6.07) is 14.5. The highest BCUT2D eigenvalue weighted by atomic mass is 16.7. The van der Waals surface area contributed by atoms with Crippen LogP contribution < -0.4 is 10.1 Å². The normalized spacial score (nSPS) is 19.2. The second-order valence-corrected chi connectivity index (χ2v) is 9.31. The lowest BCUT2D eigenvalue weighted by Crippen LogP contribution is -2.48. The van der Waals surface area contributed by atoms with Crippen LogP contribution in [0, 0.1) is 6.57 Å². The minimum atomic E-state index is 0.112. The van der Waals surface area contributed by atoms with Crippen LogP contribution in [0.3, 0.4) is 0 Å². The summed E-state index contributed by atoms with van der Waals surface area (Å²) in [6.45, 7) is 13.9. The topological polar surface area (TPSA) is 73.1 Å². The second kappa shape index (κ2) is 11.7. The predicted octanol–water partition coefficient (Wildman–Crippen LogP) is 5.28. The molecule has 0 spiro atoms. The van der Waals surface area contributed by atoms with Crippen molar-refractivity contribution in [3.63, 3.8) is 0 Å². The smallest absolute Gasteiger partial charge is 0.190 e. The molecule has 0 unspecified atom stereocenters. The fourth-order valence-corrected chi connectivity index (χ4v) is 5.19. The van der Waals surface area contributed by atoms with Crippen LogP contribution in [0.15, 0.2) is 42.5 Å². The van der Waals surface area contributed by atoms with Crippen LogP contribution in [0.5, 0.6) is 5.75 Å². The molecule has 1 aromatic heterocycles. The number of anilines is 1. The molecule has 5 rings (SSSR count). The zero-order valence-electron chi connectivity index (χ0n) is 20.8. The third kappa shape index (κ3) is 5.44. The van der Waals surface area contributed by atoms with Gasteiger partial charge in [0.1, 0.15) is 11.4 Å². The summed E-state index contributed by atoms with van der Waals surface area (Å²) >= 11 is 0. The molecule has 36 heavy (non-hydrogen) atoms. The first-order valence-corrected chi connectivity index (χ1v) is 12.8. The summed E-state index contributed by atoms with van der Waals surface area (Å²) < 4.78 is 16.8. The molecule has 3 heterocycles. The Balaban J connectivity index is 1.42. The van der Waals surface area contributed by atoms with Gasteiger partial charge in [-0.15, -0.1) is 10.2 Å². The van der Waals surface area contributed by atoms with Crippen molar-refractivity contribution in [1.82, 2.24) is 15.1 Å². The second-order valence-electron chi connectivity index (χ2n) is 9.31. The van der Waals surface area contributed by atoms with Crippen LogP contribution >= 0.6 is 0 Å². The van der Waals surface area contributed by atoms with E-state index in [-0.39, 0.29) is 6.79 Å². The van der Waals surface area contributed by atoms with Gasteiger partial charge < -0.3 is 19.5 Å². The summed E-state index contributed by atoms with van der Waals surface area (Å²) in [6.07, 6.45) is 4.52. The van der Waals surface area contributed by atoms with E-state index in [0.29, 0.717) is 30.1 Å². The van der Waals surface area contributed by atoms with Crippen molar-refractivity contribution in [2.45, 2.75) is 44.7 Å². The molecule has 8 nitrogen and oxygen atoms in total. The van der Waals surface area contributed by atoms with Gasteiger partial charge in [0, 0.05) is 54.8 Å². The molecule has 2 aliphatic heterocycles. The number of piperidine rings is 1. The molecule has 0 amide bonds.